The van der Waals surface area contributed by atoms with Gasteiger partial charge in [-0.05, 0) is 30.3 Å². The molecule has 4 aromatic rings. The van der Waals surface area contributed by atoms with Gasteiger partial charge in [0, 0.05) is 69.2 Å². The van der Waals surface area contributed by atoms with Gasteiger partial charge >= 0.3 is 0 Å². The van der Waals surface area contributed by atoms with Gasteiger partial charge in [0.25, 0.3) is 0 Å². The fourth-order valence-electron chi connectivity index (χ4n) is 4.75. The van der Waals surface area contributed by atoms with Crippen molar-refractivity contribution in [2.75, 3.05) is 75.9 Å². The monoisotopic (exact) mass is 512 g/mol. The Kier molecular flexibility index (Phi) is 7.52. The molecule has 0 amide bonds. The van der Waals surface area contributed by atoms with Crippen LogP contribution in [-0.2, 0) is 4.74 Å². The highest BCUT2D eigenvalue weighted by atomic mass is 16.5. The molecule has 0 spiro atoms. The standard InChI is InChI=1S/C28H32N8O2/c1-2-21(18-24(3-1)38-17-14-35-12-15-37-16-13-35)26-27-22(6-7-30-26)19-32-28(34-27)33-23-4-5-25(31-20-23)36-10-8-29-9-11-36/h1-7,18-20,29H,8-17H2,(H,32,33,34). The summed E-state index contributed by atoms with van der Waals surface area (Å²) in [5.41, 5.74) is 3.36. The molecule has 2 N–H and O–H groups in total. The van der Waals surface area contributed by atoms with Gasteiger partial charge in [-0.15, -0.1) is 0 Å². The van der Waals surface area contributed by atoms with Crippen LogP contribution in [0.2, 0.25) is 0 Å². The number of aromatic nitrogens is 4. The molecule has 3 aromatic heterocycles. The van der Waals surface area contributed by atoms with Crippen LogP contribution in [0.25, 0.3) is 22.2 Å². The first kappa shape index (κ1) is 24.5. The lowest BCUT2D eigenvalue weighted by molar-refractivity contribution is 0.0322. The van der Waals surface area contributed by atoms with Gasteiger partial charge in [-0.1, -0.05) is 12.1 Å². The summed E-state index contributed by atoms with van der Waals surface area (Å²) >= 11 is 0. The quantitative estimate of drug-likeness (QED) is 0.366. The van der Waals surface area contributed by atoms with Crippen LogP contribution < -0.4 is 20.3 Å². The maximum absolute atomic E-state index is 6.07. The molecule has 2 fully saturated rings. The van der Waals surface area contributed by atoms with Crippen molar-refractivity contribution in [3.05, 3.63) is 61.1 Å². The van der Waals surface area contributed by atoms with E-state index < -0.39 is 0 Å². The van der Waals surface area contributed by atoms with Gasteiger partial charge in [0.2, 0.25) is 5.95 Å². The van der Waals surface area contributed by atoms with Gasteiger partial charge in [0.1, 0.15) is 23.7 Å². The van der Waals surface area contributed by atoms with Gasteiger partial charge in [-0.3, -0.25) is 9.88 Å². The third-order valence-electron chi connectivity index (χ3n) is 6.83. The minimum atomic E-state index is 0.501. The zero-order chi connectivity index (χ0) is 25.6. The number of nitrogens with one attached hydrogen (secondary N) is 2. The van der Waals surface area contributed by atoms with E-state index in [-0.39, 0.29) is 0 Å². The molecular formula is C28H32N8O2. The Morgan fingerprint density at radius 3 is 2.68 bits per heavy atom. The highest BCUT2D eigenvalue weighted by Gasteiger charge is 2.14. The SMILES string of the molecule is c1cc(OCCN2CCOCC2)cc(-c2nccc3cnc(Nc4ccc(N5CCNCC5)nc4)nc23)c1. The number of hydrogen-bond acceptors (Lipinski definition) is 10. The maximum Gasteiger partial charge on any atom is 0.227 e. The number of benzene rings is 1. The van der Waals surface area contributed by atoms with Crippen LogP contribution in [0.1, 0.15) is 0 Å². The minimum Gasteiger partial charge on any atom is -0.492 e. The van der Waals surface area contributed by atoms with Crippen LogP contribution in [0.15, 0.2) is 61.1 Å². The zero-order valence-electron chi connectivity index (χ0n) is 21.3. The number of ether oxygens (including phenoxy) is 2. The summed E-state index contributed by atoms with van der Waals surface area (Å²) in [6.45, 7) is 8.88. The van der Waals surface area contributed by atoms with Crippen LogP contribution in [0, 0.1) is 0 Å². The summed E-state index contributed by atoms with van der Waals surface area (Å²) in [6, 6.07) is 14.0. The molecule has 0 saturated carbocycles. The number of hydrogen-bond donors (Lipinski definition) is 2. The highest BCUT2D eigenvalue weighted by Crippen LogP contribution is 2.28. The number of nitrogens with zero attached hydrogens (tertiary/aromatic N) is 6. The molecule has 10 nitrogen and oxygen atoms in total. The maximum atomic E-state index is 6.07. The molecule has 5 heterocycles. The third-order valence-corrected chi connectivity index (χ3v) is 6.83. The van der Waals surface area contributed by atoms with Crippen molar-refractivity contribution in [3.8, 4) is 17.0 Å². The lowest BCUT2D eigenvalue weighted by atomic mass is 10.1. The predicted octanol–water partition coefficient (Wildman–Crippen LogP) is 2.95. The number of fused-ring (bicyclic) bond motifs is 1. The number of morpholine rings is 1. The zero-order valence-corrected chi connectivity index (χ0v) is 21.3. The summed E-state index contributed by atoms with van der Waals surface area (Å²) < 4.78 is 11.5. The molecule has 2 aliphatic heterocycles. The Morgan fingerprint density at radius 2 is 1.84 bits per heavy atom. The summed E-state index contributed by atoms with van der Waals surface area (Å²) in [5.74, 6) is 2.30. The topological polar surface area (TPSA) is 101 Å². The van der Waals surface area contributed by atoms with E-state index in [2.05, 4.69) is 35.4 Å². The fraction of sp³-hybridized carbons (Fsp3) is 0.357. The Labute approximate surface area is 222 Å². The van der Waals surface area contributed by atoms with E-state index in [9.17, 15) is 0 Å². The molecule has 0 atom stereocenters. The van der Waals surface area contributed by atoms with E-state index in [4.69, 9.17) is 14.5 Å². The van der Waals surface area contributed by atoms with Crippen LogP contribution in [0.3, 0.4) is 0 Å². The van der Waals surface area contributed by atoms with E-state index >= 15 is 0 Å². The van der Waals surface area contributed by atoms with Gasteiger partial charge in [0.05, 0.1) is 30.8 Å². The lowest BCUT2D eigenvalue weighted by Gasteiger charge is -2.28. The molecule has 6 rings (SSSR count). The first-order valence-corrected chi connectivity index (χ1v) is 13.2. The predicted molar refractivity (Wildman–Crippen MR) is 148 cm³/mol. The van der Waals surface area contributed by atoms with Gasteiger partial charge in [-0.2, -0.15) is 0 Å². The largest absolute Gasteiger partial charge is 0.492 e. The fourth-order valence-corrected chi connectivity index (χ4v) is 4.75. The van der Waals surface area contributed by atoms with Crippen LogP contribution in [0.5, 0.6) is 5.75 Å². The molecule has 196 valence electrons. The Bertz CT molecular complexity index is 1350. The first-order chi connectivity index (χ1) is 18.8. The highest BCUT2D eigenvalue weighted by molar-refractivity contribution is 5.91. The average Bonchev–Trinajstić information content (AvgIpc) is 2.98. The van der Waals surface area contributed by atoms with E-state index in [1.165, 1.54) is 0 Å². The Hall–Kier alpha value is -3.86. The van der Waals surface area contributed by atoms with Gasteiger partial charge in [-0.25, -0.2) is 15.0 Å². The lowest BCUT2D eigenvalue weighted by Crippen LogP contribution is -2.43. The van der Waals surface area contributed by atoms with Crippen LogP contribution in [-0.4, -0.2) is 90.5 Å². The van der Waals surface area contributed by atoms with Crippen LogP contribution in [0.4, 0.5) is 17.5 Å². The van der Waals surface area contributed by atoms with Crippen molar-refractivity contribution in [3.63, 3.8) is 0 Å². The number of pyridine rings is 2. The van der Waals surface area contributed by atoms with Crippen molar-refractivity contribution in [2.45, 2.75) is 0 Å². The number of anilines is 3. The summed E-state index contributed by atoms with van der Waals surface area (Å²) in [4.78, 5) is 23.3. The van der Waals surface area contributed by atoms with Crippen molar-refractivity contribution < 1.29 is 9.47 Å². The summed E-state index contributed by atoms with van der Waals surface area (Å²) in [6.07, 6.45) is 5.44. The molecule has 0 radical (unpaired) electrons. The number of rotatable bonds is 8. The second kappa shape index (κ2) is 11.7. The smallest absolute Gasteiger partial charge is 0.227 e. The molecule has 0 bridgehead atoms. The minimum absolute atomic E-state index is 0.501. The molecule has 1 aromatic carbocycles. The Morgan fingerprint density at radius 1 is 0.947 bits per heavy atom. The molecule has 0 unspecified atom stereocenters. The first-order valence-electron chi connectivity index (χ1n) is 13.2. The van der Waals surface area contributed by atoms with Crippen molar-refractivity contribution in [2.24, 2.45) is 0 Å². The van der Waals surface area contributed by atoms with E-state index in [1.807, 2.05) is 54.9 Å². The molecule has 38 heavy (non-hydrogen) atoms. The average molecular weight is 513 g/mol. The Balaban J connectivity index is 1.17. The van der Waals surface area contributed by atoms with Crippen LogP contribution >= 0.6 is 0 Å². The molecule has 2 aliphatic rings. The number of piperazine rings is 1. The summed E-state index contributed by atoms with van der Waals surface area (Å²) in [7, 11) is 0. The second-order valence-electron chi connectivity index (χ2n) is 9.39. The molecule has 2 saturated heterocycles. The summed E-state index contributed by atoms with van der Waals surface area (Å²) in [5, 5.41) is 7.58. The molecule has 0 aliphatic carbocycles. The van der Waals surface area contributed by atoms with Gasteiger partial charge in [0.15, 0.2) is 0 Å². The molecular weight excluding hydrogens is 480 g/mol. The van der Waals surface area contributed by atoms with E-state index in [0.717, 1.165) is 98.4 Å². The normalized spacial score (nSPS) is 16.5. The third kappa shape index (κ3) is 5.83. The van der Waals surface area contributed by atoms with Crippen molar-refractivity contribution in [1.82, 2.24) is 30.2 Å². The van der Waals surface area contributed by atoms with Gasteiger partial charge < -0.3 is 25.0 Å². The van der Waals surface area contributed by atoms with Crippen molar-refractivity contribution >= 4 is 28.4 Å². The second-order valence-corrected chi connectivity index (χ2v) is 9.39. The van der Waals surface area contributed by atoms with Crippen molar-refractivity contribution in [1.29, 1.82) is 0 Å². The van der Waals surface area contributed by atoms with E-state index in [1.54, 1.807) is 6.20 Å². The molecule has 10 heteroatoms. The van der Waals surface area contributed by atoms with E-state index in [0.29, 0.717) is 12.6 Å².